The van der Waals surface area contributed by atoms with Gasteiger partial charge in [-0.2, -0.15) is 0 Å². The predicted molar refractivity (Wildman–Crippen MR) is 116 cm³/mol. The Morgan fingerprint density at radius 3 is 2.52 bits per heavy atom. The number of hydrogen-bond donors (Lipinski definition) is 1. The summed E-state index contributed by atoms with van der Waals surface area (Å²) in [4.78, 5) is 18.3. The average molecular weight is 431 g/mol. The predicted octanol–water partition coefficient (Wildman–Crippen LogP) is 4.29. The Hall–Kier alpha value is -2.31. The molecule has 1 N–H and O–H groups in total. The van der Waals surface area contributed by atoms with Crippen molar-refractivity contribution >= 4 is 38.2 Å². The summed E-state index contributed by atoms with van der Waals surface area (Å²) in [6.45, 7) is 3.76. The van der Waals surface area contributed by atoms with Crippen molar-refractivity contribution < 1.29 is 13.2 Å². The summed E-state index contributed by atoms with van der Waals surface area (Å²) in [5.74, 6) is -0.539. The third kappa shape index (κ3) is 3.34. The molecule has 3 unspecified atom stereocenters. The van der Waals surface area contributed by atoms with Crippen LogP contribution in [0.1, 0.15) is 42.6 Å². The van der Waals surface area contributed by atoms with Crippen molar-refractivity contribution in [2.45, 2.75) is 31.1 Å². The van der Waals surface area contributed by atoms with Crippen LogP contribution >= 0.6 is 11.6 Å². The molecule has 29 heavy (non-hydrogen) atoms. The van der Waals surface area contributed by atoms with E-state index in [4.69, 9.17) is 11.6 Å². The summed E-state index contributed by atoms with van der Waals surface area (Å²) in [7, 11) is -3.49. The topological polar surface area (TPSA) is 70.2 Å². The van der Waals surface area contributed by atoms with E-state index in [-0.39, 0.29) is 17.9 Å². The minimum absolute atomic E-state index is 0.151. The van der Waals surface area contributed by atoms with Gasteiger partial charge in [-0.15, -0.1) is 0 Å². The maximum Gasteiger partial charge on any atom is 0.241 e. The Bertz CT molecular complexity index is 1200. The highest BCUT2D eigenvalue weighted by Gasteiger charge is 2.40. The quantitative estimate of drug-likeness (QED) is 0.673. The molecule has 1 aliphatic rings. The number of aromatic amines is 1. The second kappa shape index (κ2) is 7.18. The van der Waals surface area contributed by atoms with Gasteiger partial charge in [-0.3, -0.25) is 4.79 Å². The van der Waals surface area contributed by atoms with Crippen LogP contribution < -0.4 is 0 Å². The minimum atomic E-state index is -3.49. The number of halogens is 1. The summed E-state index contributed by atoms with van der Waals surface area (Å²) in [5, 5.41) is 0.636. The van der Waals surface area contributed by atoms with E-state index in [0.717, 1.165) is 34.0 Å². The SMILES string of the molecule is CC1c2[nH]c3ccccc3c2C(c2ccccc2Cl)CN1C(=O)C(C)S(C)(=O)=O. The zero-order chi connectivity index (χ0) is 20.9. The van der Waals surface area contributed by atoms with E-state index >= 15 is 0 Å². The number of rotatable bonds is 3. The fourth-order valence-corrected chi connectivity index (χ4v) is 4.97. The van der Waals surface area contributed by atoms with Gasteiger partial charge in [0.25, 0.3) is 0 Å². The Morgan fingerprint density at radius 2 is 1.83 bits per heavy atom. The van der Waals surface area contributed by atoms with Crippen molar-refractivity contribution in [3.05, 3.63) is 70.4 Å². The first-order chi connectivity index (χ1) is 13.7. The first-order valence-corrected chi connectivity index (χ1v) is 11.9. The van der Waals surface area contributed by atoms with Crippen molar-refractivity contribution in [2.24, 2.45) is 0 Å². The molecule has 2 aromatic carbocycles. The molecule has 0 aliphatic carbocycles. The van der Waals surface area contributed by atoms with Gasteiger partial charge in [-0.05, 0) is 37.1 Å². The van der Waals surface area contributed by atoms with E-state index < -0.39 is 15.1 Å². The van der Waals surface area contributed by atoms with Gasteiger partial charge in [0.2, 0.25) is 5.91 Å². The number of nitrogens with zero attached hydrogens (tertiary/aromatic N) is 1. The van der Waals surface area contributed by atoms with Crippen LogP contribution in [0.15, 0.2) is 48.5 Å². The number of aromatic nitrogens is 1. The summed E-state index contributed by atoms with van der Waals surface area (Å²) in [6, 6.07) is 15.4. The number of benzene rings is 2. The van der Waals surface area contributed by atoms with Crippen molar-refractivity contribution in [3.63, 3.8) is 0 Å². The summed E-state index contributed by atoms with van der Waals surface area (Å²) >= 11 is 6.53. The Morgan fingerprint density at radius 1 is 1.17 bits per heavy atom. The van der Waals surface area contributed by atoms with E-state index in [1.54, 1.807) is 4.90 Å². The van der Waals surface area contributed by atoms with Crippen LogP contribution in [0.4, 0.5) is 0 Å². The molecule has 0 saturated carbocycles. The van der Waals surface area contributed by atoms with Gasteiger partial charge >= 0.3 is 0 Å². The van der Waals surface area contributed by atoms with Gasteiger partial charge in [0.15, 0.2) is 9.84 Å². The molecule has 1 aliphatic heterocycles. The maximum atomic E-state index is 13.1. The Kier molecular flexibility index (Phi) is 4.95. The lowest BCUT2D eigenvalue weighted by Crippen LogP contribution is -2.47. The molecule has 0 fully saturated rings. The number of H-pyrrole nitrogens is 1. The van der Waals surface area contributed by atoms with Crippen LogP contribution in [0.3, 0.4) is 0 Å². The third-order valence-electron chi connectivity index (χ3n) is 5.94. The van der Waals surface area contributed by atoms with Crippen molar-refractivity contribution in [1.29, 1.82) is 0 Å². The van der Waals surface area contributed by atoms with Crippen molar-refractivity contribution in [2.75, 3.05) is 12.8 Å². The second-order valence-corrected chi connectivity index (χ2v) is 10.5. The molecule has 3 aromatic rings. The number of hydrogen-bond acceptors (Lipinski definition) is 3. The lowest BCUT2D eigenvalue weighted by atomic mass is 9.83. The minimum Gasteiger partial charge on any atom is -0.356 e. The van der Waals surface area contributed by atoms with Crippen LogP contribution in [0, 0.1) is 0 Å². The van der Waals surface area contributed by atoms with Gasteiger partial charge in [0.1, 0.15) is 5.25 Å². The van der Waals surface area contributed by atoms with Gasteiger partial charge in [-0.25, -0.2) is 8.42 Å². The van der Waals surface area contributed by atoms with E-state index in [1.807, 2.05) is 49.4 Å². The molecule has 152 valence electrons. The fourth-order valence-electron chi connectivity index (χ4n) is 4.20. The van der Waals surface area contributed by atoms with Crippen LogP contribution in [-0.2, 0) is 14.6 Å². The van der Waals surface area contributed by atoms with Crippen molar-refractivity contribution in [1.82, 2.24) is 9.88 Å². The van der Waals surface area contributed by atoms with Crippen LogP contribution in [0.5, 0.6) is 0 Å². The molecule has 1 amide bonds. The Balaban J connectivity index is 1.90. The molecule has 2 heterocycles. The summed E-state index contributed by atoms with van der Waals surface area (Å²) < 4.78 is 24.1. The van der Waals surface area contributed by atoms with Crippen molar-refractivity contribution in [3.8, 4) is 0 Å². The number of sulfone groups is 1. The standard InChI is InChI=1S/C22H23ClN2O3S/c1-13-21-20(16-9-5-7-11-19(16)24-21)17(15-8-4-6-10-18(15)23)12-25(13)22(26)14(2)29(3,27)28/h4-11,13-14,17,24H,12H2,1-3H3. The first-order valence-electron chi connectivity index (χ1n) is 9.54. The number of nitrogens with one attached hydrogen (secondary N) is 1. The van der Waals surface area contributed by atoms with E-state index in [0.29, 0.717) is 11.6 Å². The number of para-hydroxylation sites is 1. The molecule has 0 saturated heterocycles. The molecule has 3 atom stereocenters. The first kappa shape index (κ1) is 20.0. The molecule has 0 bridgehead atoms. The smallest absolute Gasteiger partial charge is 0.241 e. The molecule has 5 nitrogen and oxygen atoms in total. The molecule has 0 radical (unpaired) electrons. The van der Waals surface area contributed by atoms with Gasteiger partial charge in [0, 0.05) is 40.3 Å². The third-order valence-corrected chi connectivity index (χ3v) is 7.77. The monoisotopic (exact) mass is 430 g/mol. The largest absolute Gasteiger partial charge is 0.356 e. The number of fused-ring (bicyclic) bond motifs is 3. The van der Waals surface area contributed by atoms with Gasteiger partial charge in [-0.1, -0.05) is 48.0 Å². The summed E-state index contributed by atoms with van der Waals surface area (Å²) in [6.07, 6.45) is 1.10. The number of carbonyl (C=O) groups excluding carboxylic acids is 1. The molecule has 0 spiro atoms. The highest BCUT2D eigenvalue weighted by molar-refractivity contribution is 7.92. The second-order valence-electron chi connectivity index (χ2n) is 7.71. The normalized spacial score (nSPS) is 20.5. The van der Waals surface area contributed by atoms with E-state index in [1.165, 1.54) is 6.92 Å². The van der Waals surface area contributed by atoms with Crippen LogP contribution in [-0.4, -0.2) is 42.3 Å². The van der Waals surface area contributed by atoms with E-state index in [9.17, 15) is 13.2 Å². The molecule has 7 heteroatoms. The zero-order valence-corrected chi connectivity index (χ0v) is 18.1. The fraction of sp³-hybridized carbons (Fsp3) is 0.318. The average Bonchev–Trinajstić information content (AvgIpc) is 3.08. The maximum absolute atomic E-state index is 13.1. The van der Waals surface area contributed by atoms with E-state index in [2.05, 4.69) is 11.1 Å². The lowest BCUT2D eigenvalue weighted by Gasteiger charge is -2.39. The lowest BCUT2D eigenvalue weighted by molar-refractivity contribution is -0.133. The highest BCUT2D eigenvalue weighted by atomic mass is 35.5. The summed E-state index contributed by atoms with van der Waals surface area (Å²) in [5.41, 5.74) is 3.97. The molecular weight excluding hydrogens is 408 g/mol. The zero-order valence-electron chi connectivity index (χ0n) is 16.5. The van der Waals surface area contributed by atoms with Crippen LogP contribution in [0.2, 0.25) is 5.02 Å². The highest BCUT2D eigenvalue weighted by Crippen LogP contribution is 2.44. The molecular formula is C22H23ClN2O3S. The number of amides is 1. The molecule has 1 aromatic heterocycles. The molecule has 4 rings (SSSR count). The van der Waals surface area contributed by atoms with Gasteiger partial charge in [0.05, 0.1) is 6.04 Å². The van der Waals surface area contributed by atoms with Gasteiger partial charge < -0.3 is 9.88 Å². The number of carbonyl (C=O) groups is 1. The van der Waals surface area contributed by atoms with Crippen LogP contribution in [0.25, 0.3) is 10.9 Å². The Labute approximate surface area is 175 Å².